The second-order valence-electron chi connectivity index (χ2n) is 16.8. The van der Waals surface area contributed by atoms with E-state index in [9.17, 15) is 0 Å². The Morgan fingerprint density at radius 3 is 1.56 bits per heavy atom. The third-order valence-corrected chi connectivity index (χ3v) is 13.5. The number of fused-ring (bicyclic) bond motifs is 13. The van der Waals surface area contributed by atoms with Crippen LogP contribution in [0.2, 0.25) is 0 Å². The van der Waals surface area contributed by atoms with Crippen LogP contribution in [0.15, 0.2) is 212 Å². The molecule has 9 aromatic rings. The normalized spacial score (nSPS) is 15.8. The second kappa shape index (κ2) is 12.6. The van der Waals surface area contributed by atoms with Gasteiger partial charge in [-0.15, -0.1) is 0 Å². The predicted octanol–water partition coefficient (Wildman–Crippen LogP) is 15.1. The van der Waals surface area contributed by atoms with Crippen molar-refractivity contribution >= 4 is 17.1 Å². The zero-order valence-corrected chi connectivity index (χ0v) is 33.2. The van der Waals surface area contributed by atoms with Crippen molar-refractivity contribution in [1.29, 1.82) is 0 Å². The molecule has 1 heteroatoms. The molecule has 0 saturated carbocycles. The molecular weight excluding hydrogens is 711 g/mol. The molecule has 1 atom stereocenters. The summed E-state index contributed by atoms with van der Waals surface area (Å²) in [6.07, 6.45) is 0. The molecular formula is C58H41N. The minimum absolute atomic E-state index is 0.143. The van der Waals surface area contributed by atoms with Crippen LogP contribution in [0.1, 0.15) is 47.2 Å². The summed E-state index contributed by atoms with van der Waals surface area (Å²) in [5.74, 6) is 0. The van der Waals surface area contributed by atoms with Crippen molar-refractivity contribution in [1.82, 2.24) is 0 Å². The second-order valence-corrected chi connectivity index (χ2v) is 16.8. The lowest BCUT2D eigenvalue weighted by Crippen LogP contribution is -2.26. The molecule has 1 unspecified atom stereocenters. The molecule has 0 N–H and O–H groups in total. The van der Waals surface area contributed by atoms with Gasteiger partial charge in [0.2, 0.25) is 0 Å². The quantitative estimate of drug-likeness (QED) is 0.169. The van der Waals surface area contributed by atoms with E-state index >= 15 is 0 Å². The molecule has 3 aliphatic carbocycles. The Balaban J connectivity index is 1.16. The maximum atomic E-state index is 2.55. The van der Waals surface area contributed by atoms with Crippen molar-refractivity contribution in [3.05, 3.63) is 246 Å². The van der Waals surface area contributed by atoms with Gasteiger partial charge in [-0.2, -0.15) is 0 Å². The zero-order chi connectivity index (χ0) is 39.3. The first-order valence-corrected chi connectivity index (χ1v) is 20.8. The van der Waals surface area contributed by atoms with Gasteiger partial charge in [-0.25, -0.2) is 0 Å². The van der Waals surface area contributed by atoms with Crippen molar-refractivity contribution in [3.8, 4) is 55.6 Å². The SMILES string of the molecule is CC1(C)c2ccccc2-c2ccc(N(c3ccccc3-c3ccccc3)c3cccc4c3-c3ccccc3C43c4ccccc4-c4ccc(-c5ccccc5)cc43)cc21. The molecule has 3 aliphatic rings. The fourth-order valence-electron chi connectivity index (χ4n) is 10.9. The summed E-state index contributed by atoms with van der Waals surface area (Å²) in [5, 5.41) is 0. The molecule has 0 bridgehead atoms. The standard InChI is InChI=1S/C58H41N/c1-57(2)48-26-13-9-23-43(48)45-35-33-41(37-52(45)57)59(54-30-16-12-22-42(54)39-20-7-4-8-21-39)55-31-17-29-51-56(55)47-25-11-15-28-50(47)58(51)49-27-14-10-24-44(49)46-34-32-40(36-53(46)58)38-18-5-3-6-19-38/h3-37H,1-2H3. The minimum Gasteiger partial charge on any atom is -0.309 e. The first kappa shape index (κ1) is 33.9. The topological polar surface area (TPSA) is 3.24 Å². The van der Waals surface area contributed by atoms with Crippen LogP contribution in [0.4, 0.5) is 17.1 Å². The molecule has 0 fully saturated rings. The van der Waals surface area contributed by atoms with E-state index in [0.717, 1.165) is 11.4 Å². The summed E-state index contributed by atoms with van der Waals surface area (Å²) in [7, 11) is 0. The van der Waals surface area contributed by atoms with Gasteiger partial charge in [0, 0.05) is 22.2 Å². The summed E-state index contributed by atoms with van der Waals surface area (Å²) < 4.78 is 0. The van der Waals surface area contributed by atoms with Gasteiger partial charge in [0.25, 0.3) is 0 Å². The fraction of sp³-hybridized carbons (Fsp3) is 0.0690. The lowest BCUT2D eigenvalue weighted by molar-refractivity contribution is 0.660. The lowest BCUT2D eigenvalue weighted by atomic mass is 9.70. The van der Waals surface area contributed by atoms with Crippen LogP contribution >= 0.6 is 0 Å². The Hall–Kier alpha value is -7.22. The molecule has 59 heavy (non-hydrogen) atoms. The predicted molar refractivity (Wildman–Crippen MR) is 246 cm³/mol. The molecule has 12 rings (SSSR count). The average molecular weight is 752 g/mol. The molecule has 1 spiro atoms. The van der Waals surface area contributed by atoms with E-state index in [1.165, 1.54) is 94.7 Å². The number of rotatable bonds is 5. The Morgan fingerprint density at radius 2 is 0.814 bits per heavy atom. The van der Waals surface area contributed by atoms with E-state index in [2.05, 4.69) is 231 Å². The lowest BCUT2D eigenvalue weighted by Gasteiger charge is -2.33. The third-order valence-electron chi connectivity index (χ3n) is 13.5. The van der Waals surface area contributed by atoms with Crippen molar-refractivity contribution < 1.29 is 0 Å². The van der Waals surface area contributed by atoms with E-state index in [4.69, 9.17) is 0 Å². The monoisotopic (exact) mass is 751 g/mol. The highest BCUT2D eigenvalue weighted by molar-refractivity contribution is 6.03. The van der Waals surface area contributed by atoms with Crippen LogP contribution in [0.25, 0.3) is 55.6 Å². The van der Waals surface area contributed by atoms with E-state index in [-0.39, 0.29) is 5.41 Å². The first-order valence-electron chi connectivity index (χ1n) is 20.8. The van der Waals surface area contributed by atoms with Crippen molar-refractivity contribution in [2.75, 3.05) is 4.90 Å². The molecule has 0 radical (unpaired) electrons. The Labute approximate surface area is 346 Å². The maximum Gasteiger partial charge on any atom is 0.0726 e. The van der Waals surface area contributed by atoms with Crippen LogP contribution in [-0.4, -0.2) is 0 Å². The molecule has 0 saturated heterocycles. The van der Waals surface area contributed by atoms with E-state index in [1.54, 1.807) is 0 Å². The Morgan fingerprint density at radius 1 is 0.305 bits per heavy atom. The van der Waals surface area contributed by atoms with E-state index in [0.29, 0.717) is 0 Å². The molecule has 0 aromatic heterocycles. The number of hydrogen-bond donors (Lipinski definition) is 0. The summed E-state index contributed by atoms with van der Waals surface area (Å²) in [6, 6.07) is 79.3. The number of hydrogen-bond acceptors (Lipinski definition) is 1. The average Bonchev–Trinajstić information content (AvgIpc) is 3.86. The van der Waals surface area contributed by atoms with E-state index in [1.807, 2.05) is 0 Å². The largest absolute Gasteiger partial charge is 0.309 e. The van der Waals surface area contributed by atoms with Gasteiger partial charge in [-0.05, 0) is 108 Å². The van der Waals surface area contributed by atoms with Crippen molar-refractivity contribution in [2.24, 2.45) is 0 Å². The smallest absolute Gasteiger partial charge is 0.0726 e. The van der Waals surface area contributed by atoms with Gasteiger partial charge in [0.05, 0.1) is 16.8 Å². The summed E-state index contributed by atoms with van der Waals surface area (Å²) >= 11 is 0. The van der Waals surface area contributed by atoms with Gasteiger partial charge in [-0.3, -0.25) is 0 Å². The summed E-state index contributed by atoms with van der Waals surface area (Å²) in [6.45, 7) is 4.76. The number of anilines is 3. The van der Waals surface area contributed by atoms with Crippen molar-refractivity contribution in [2.45, 2.75) is 24.7 Å². The van der Waals surface area contributed by atoms with Crippen LogP contribution in [0.3, 0.4) is 0 Å². The maximum absolute atomic E-state index is 2.55. The number of nitrogens with zero attached hydrogens (tertiary/aromatic N) is 1. The molecule has 0 heterocycles. The van der Waals surface area contributed by atoms with E-state index < -0.39 is 5.41 Å². The van der Waals surface area contributed by atoms with Crippen LogP contribution in [0.5, 0.6) is 0 Å². The Kier molecular flexibility index (Phi) is 7.26. The highest BCUT2D eigenvalue weighted by Crippen LogP contribution is 2.65. The fourth-order valence-corrected chi connectivity index (χ4v) is 10.9. The number of para-hydroxylation sites is 1. The first-order chi connectivity index (χ1) is 29.0. The van der Waals surface area contributed by atoms with Gasteiger partial charge in [-0.1, -0.05) is 196 Å². The van der Waals surface area contributed by atoms with Crippen LogP contribution in [0, 0.1) is 0 Å². The minimum atomic E-state index is -0.495. The zero-order valence-electron chi connectivity index (χ0n) is 33.2. The van der Waals surface area contributed by atoms with Gasteiger partial charge in [0.15, 0.2) is 0 Å². The Bertz CT molecular complexity index is 3140. The number of benzene rings is 9. The molecule has 9 aromatic carbocycles. The molecule has 0 amide bonds. The molecule has 278 valence electrons. The van der Waals surface area contributed by atoms with Crippen LogP contribution in [-0.2, 0) is 10.8 Å². The highest BCUT2D eigenvalue weighted by Gasteiger charge is 2.52. The van der Waals surface area contributed by atoms with Gasteiger partial charge >= 0.3 is 0 Å². The third kappa shape index (κ3) is 4.67. The summed E-state index contributed by atoms with van der Waals surface area (Å²) in [4.78, 5) is 2.55. The summed E-state index contributed by atoms with van der Waals surface area (Å²) in [5.41, 5.74) is 23.6. The molecule has 1 nitrogen and oxygen atoms in total. The van der Waals surface area contributed by atoms with Gasteiger partial charge < -0.3 is 4.90 Å². The van der Waals surface area contributed by atoms with Crippen LogP contribution < -0.4 is 4.90 Å². The van der Waals surface area contributed by atoms with Crippen molar-refractivity contribution in [3.63, 3.8) is 0 Å². The molecule has 0 aliphatic heterocycles. The van der Waals surface area contributed by atoms with Gasteiger partial charge in [0.1, 0.15) is 0 Å². The highest BCUT2D eigenvalue weighted by atomic mass is 15.1.